The molecule has 2 saturated heterocycles. The maximum Gasteiger partial charge on any atom is 0.310 e. The summed E-state index contributed by atoms with van der Waals surface area (Å²) < 4.78 is 5.69. The number of carbonyl (C=O) groups is 2. The van der Waals surface area contributed by atoms with Crippen LogP contribution in [0.5, 0.6) is 0 Å². The molecule has 1 aromatic heterocycles. The van der Waals surface area contributed by atoms with Gasteiger partial charge in [-0.2, -0.15) is 0 Å². The molecule has 2 bridgehead atoms. The smallest absolute Gasteiger partial charge is 0.310 e. The molecular formula is C21H24N2O4S. The SMILES string of the molecule is CCCc1ccc(-c2nc(NC(=O)[C@H]3[C@@H](C(=O)O)[C@H]4CC[C@@H]3O4)sc2C)cc1. The second kappa shape index (κ2) is 7.64. The zero-order valence-corrected chi connectivity index (χ0v) is 16.8. The van der Waals surface area contributed by atoms with Gasteiger partial charge in [0.2, 0.25) is 5.91 Å². The third kappa shape index (κ3) is 3.44. The fourth-order valence-corrected chi connectivity index (χ4v) is 5.19. The molecule has 4 rings (SSSR count). The van der Waals surface area contributed by atoms with E-state index in [4.69, 9.17) is 4.74 Å². The van der Waals surface area contributed by atoms with Gasteiger partial charge in [-0.1, -0.05) is 37.6 Å². The van der Waals surface area contributed by atoms with E-state index in [2.05, 4.69) is 41.5 Å². The van der Waals surface area contributed by atoms with Gasteiger partial charge in [0.05, 0.1) is 29.7 Å². The van der Waals surface area contributed by atoms with Gasteiger partial charge < -0.3 is 15.2 Å². The maximum atomic E-state index is 12.8. The lowest BCUT2D eigenvalue weighted by Gasteiger charge is -2.23. The summed E-state index contributed by atoms with van der Waals surface area (Å²) in [6.45, 7) is 4.13. The number of aryl methyl sites for hydroxylation is 2. The lowest BCUT2D eigenvalue weighted by atomic mass is 9.79. The second-order valence-corrected chi connectivity index (χ2v) is 8.74. The summed E-state index contributed by atoms with van der Waals surface area (Å²) in [5.41, 5.74) is 3.16. The van der Waals surface area contributed by atoms with E-state index in [0.29, 0.717) is 11.6 Å². The fraction of sp³-hybridized carbons (Fsp3) is 0.476. The third-order valence-electron chi connectivity index (χ3n) is 5.65. The number of ether oxygens (including phenoxy) is 1. The maximum absolute atomic E-state index is 12.8. The molecule has 2 fully saturated rings. The Labute approximate surface area is 167 Å². The van der Waals surface area contributed by atoms with Crippen LogP contribution in [0.1, 0.15) is 36.6 Å². The van der Waals surface area contributed by atoms with Crippen molar-refractivity contribution < 1.29 is 19.4 Å². The number of nitrogens with one attached hydrogen (secondary N) is 1. The van der Waals surface area contributed by atoms with Crippen molar-refractivity contribution in [3.63, 3.8) is 0 Å². The van der Waals surface area contributed by atoms with Gasteiger partial charge in [0.25, 0.3) is 0 Å². The molecule has 0 unspecified atom stereocenters. The number of amides is 1. The van der Waals surface area contributed by atoms with Crippen LogP contribution in [-0.2, 0) is 20.7 Å². The Morgan fingerprint density at radius 2 is 1.89 bits per heavy atom. The number of nitrogens with zero attached hydrogens (tertiary/aromatic N) is 1. The second-order valence-electron chi connectivity index (χ2n) is 7.54. The van der Waals surface area contributed by atoms with E-state index in [1.165, 1.54) is 16.9 Å². The number of carbonyl (C=O) groups excluding carboxylic acids is 1. The van der Waals surface area contributed by atoms with Crippen LogP contribution in [0.15, 0.2) is 24.3 Å². The molecule has 0 saturated carbocycles. The molecule has 2 aliphatic rings. The molecule has 1 aromatic carbocycles. The average Bonchev–Trinajstić information content (AvgIpc) is 3.37. The van der Waals surface area contributed by atoms with Crippen molar-refractivity contribution in [3.05, 3.63) is 34.7 Å². The molecule has 28 heavy (non-hydrogen) atoms. The van der Waals surface area contributed by atoms with Gasteiger partial charge in [0.1, 0.15) is 0 Å². The molecule has 0 spiro atoms. The van der Waals surface area contributed by atoms with Gasteiger partial charge in [-0.05, 0) is 31.7 Å². The Morgan fingerprint density at radius 1 is 1.21 bits per heavy atom. The number of carboxylic acids is 1. The molecule has 4 atom stereocenters. The Bertz CT molecular complexity index is 892. The zero-order chi connectivity index (χ0) is 19.8. The van der Waals surface area contributed by atoms with E-state index < -0.39 is 17.8 Å². The summed E-state index contributed by atoms with van der Waals surface area (Å²) in [5.74, 6) is -2.70. The molecule has 0 radical (unpaired) electrons. The van der Waals surface area contributed by atoms with Crippen molar-refractivity contribution in [2.75, 3.05) is 5.32 Å². The van der Waals surface area contributed by atoms with Crippen LogP contribution < -0.4 is 5.32 Å². The van der Waals surface area contributed by atoms with Crippen LogP contribution in [0.4, 0.5) is 5.13 Å². The van der Waals surface area contributed by atoms with Gasteiger partial charge in [0, 0.05) is 10.4 Å². The minimum absolute atomic E-state index is 0.307. The first kappa shape index (κ1) is 19.1. The van der Waals surface area contributed by atoms with Crippen molar-refractivity contribution in [2.45, 2.75) is 51.7 Å². The Hall–Kier alpha value is -2.25. The molecule has 0 aliphatic carbocycles. The van der Waals surface area contributed by atoms with E-state index in [9.17, 15) is 14.7 Å². The van der Waals surface area contributed by atoms with Gasteiger partial charge in [-0.15, -0.1) is 11.3 Å². The molecule has 1 amide bonds. The number of fused-ring (bicyclic) bond motifs is 2. The molecule has 2 aliphatic heterocycles. The number of benzene rings is 1. The highest BCUT2D eigenvalue weighted by Gasteiger charge is 2.55. The molecule has 7 heteroatoms. The summed E-state index contributed by atoms with van der Waals surface area (Å²) in [5, 5.41) is 12.8. The lowest BCUT2D eigenvalue weighted by Crippen LogP contribution is -2.40. The molecule has 2 N–H and O–H groups in total. The van der Waals surface area contributed by atoms with Gasteiger partial charge in [-0.25, -0.2) is 4.98 Å². The van der Waals surface area contributed by atoms with Crippen LogP contribution in [-0.4, -0.2) is 34.2 Å². The number of anilines is 1. The van der Waals surface area contributed by atoms with Crippen molar-refractivity contribution in [1.82, 2.24) is 4.98 Å². The van der Waals surface area contributed by atoms with Gasteiger partial charge in [-0.3, -0.25) is 9.59 Å². The topological polar surface area (TPSA) is 88.5 Å². The average molecular weight is 401 g/mol. The summed E-state index contributed by atoms with van der Waals surface area (Å²) in [6, 6.07) is 8.34. The Balaban J connectivity index is 1.51. The number of aromatic nitrogens is 1. The standard InChI is InChI=1S/C21H24N2O4S/c1-3-4-12-5-7-13(8-6-12)18-11(2)28-21(22-18)23-19(24)16-14-9-10-15(27-14)17(16)20(25)26/h5-8,14-17H,3-4,9-10H2,1-2H3,(H,25,26)(H,22,23,24)/t14-,15+,16+,17-/m0/s1. The van der Waals surface area contributed by atoms with Crippen LogP contribution in [0, 0.1) is 18.8 Å². The van der Waals surface area contributed by atoms with Crippen LogP contribution >= 0.6 is 11.3 Å². The van der Waals surface area contributed by atoms with Crippen molar-refractivity contribution >= 4 is 28.3 Å². The fourth-order valence-electron chi connectivity index (χ4n) is 4.35. The van der Waals surface area contributed by atoms with Crippen LogP contribution in [0.2, 0.25) is 0 Å². The molecule has 2 aromatic rings. The predicted octanol–water partition coefficient (Wildman–Crippen LogP) is 3.89. The van der Waals surface area contributed by atoms with Crippen molar-refractivity contribution in [2.24, 2.45) is 11.8 Å². The van der Waals surface area contributed by atoms with E-state index in [-0.39, 0.29) is 18.1 Å². The summed E-state index contributed by atoms with van der Waals surface area (Å²) >= 11 is 1.41. The number of rotatable bonds is 6. The first-order valence-corrected chi connectivity index (χ1v) is 10.6. The highest BCUT2D eigenvalue weighted by Crippen LogP contribution is 2.44. The third-order valence-corrected chi connectivity index (χ3v) is 6.54. The normalized spacial score (nSPS) is 25.8. The summed E-state index contributed by atoms with van der Waals surface area (Å²) in [6.07, 6.45) is 2.94. The lowest BCUT2D eigenvalue weighted by molar-refractivity contribution is -0.147. The van der Waals surface area contributed by atoms with Crippen molar-refractivity contribution in [3.8, 4) is 11.3 Å². The molecule has 6 nitrogen and oxygen atoms in total. The van der Waals surface area contributed by atoms with Gasteiger partial charge in [0.15, 0.2) is 5.13 Å². The van der Waals surface area contributed by atoms with Crippen LogP contribution in [0.25, 0.3) is 11.3 Å². The summed E-state index contributed by atoms with van der Waals surface area (Å²) in [7, 11) is 0. The first-order valence-electron chi connectivity index (χ1n) is 9.73. The molecule has 3 heterocycles. The molecular weight excluding hydrogens is 376 g/mol. The van der Waals surface area contributed by atoms with Crippen LogP contribution in [0.3, 0.4) is 0 Å². The number of hydrogen-bond donors (Lipinski definition) is 2. The quantitative estimate of drug-likeness (QED) is 0.768. The van der Waals surface area contributed by atoms with E-state index in [1.54, 1.807) is 0 Å². The highest BCUT2D eigenvalue weighted by atomic mass is 32.1. The summed E-state index contributed by atoms with van der Waals surface area (Å²) in [4.78, 5) is 30.0. The van der Waals surface area contributed by atoms with Crippen molar-refractivity contribution in [1.29, 1.82) is 0 Å². The van der Waals surface area contributed by atoms with E-state index in [1.807, 2.05) is 6.92 Å². The first-order chi connectivity index (χ1) is 13.5. The monoisotopic (exact) mass is 400 g/mol. The van der Waals surface area contributed by atoms with E-state index in [0.717, 1.165) is 35.4 Å². The van der Waals surface area contributed by atoms with E-state index >= 15 is 0 Å². The minimum atomic E-state index is -0.962. The zero-order valence-electron chi connectivity index (χ0n) is 16.0. The number of hydrogen-bond acceptors (Lipinski definition) is 5. The predicted molar refractivity (Wildman–Crippen MR) is 107 cm³/mol. The number of thiazole rings is 1. The number of carboxylic acid groups (broad SMARTS) is 1. The molecule has 148 valence electrons. The Morgan fingerprint density at radius 3 is 2.54 bits per heavy atom. The van der Waals surface area contributed by atoms with Gasteiger partial charge >= 0.3 is 5.97 Å². The number of aliphatic carboxylic acids is 1. The Kier molecular flexibility index (Phi) is 5.21. The minimum Gasteiger partial charge on any atom is -0.481 e. The highest BCUT2D eigenvalue weighted by molar-refractivity contribution is 7.16. The largest absolute Gasteiger partial charge is 0.481 e.